The summed E-state index contributed by atoms with van der Waals surface area (Å²) in [7, 11) is 0. The Labute approximate surface area is 90.2 Å². The van der Waals surface area contributed by atoms with E-state index in [9.17, 15) is 4.39 Å². The lowest BCUT2D eigenvalue weighted by molar-refractivity contribution is 0.473. The average molecular weight is 208 g/mol. The van der Waals surface area contributed by atoms with Gasteiger partial charge in [0, 0.05) is 12.1 Å². The minimum Gasteiger partial charge on any atom is -0.306 e. The molecule has 1 rings (SSSR count). The molecule has 1 N–H and O–H groups in total. The van der Waals surface area contributed by atoms with Crippen molar-refractivity contribution in [3.8, 4) is 0 Å². The summed E-state index contributed by atoms with van der Waals surface area (Å²) < 4.78 is 12.6. The maximum Gasteiger partial charge on any atom is 0.141 e. The summed E-state index contributed by atoms with van der Waals surface area (Å²) in [6.45, 7) is 7.79. The van der Waals surface area contributed by atoms with Crippen LogP contribution in [0.25, 0.3) is 0 Å². The number of nitrogens with zero attached hydrogens (tertiary/aromatic N) is 1. The molecule has 0 radical (unpaired) electrons. The molecular formula is C12H17FN2. The normalized spacial score (nSPS) is 14.6. The van der Waals surface area contributed by atoms with Crippen molar-refractivity contribution >= 4 is 0 Å². The molecule has 0 spiro atoms. The van der Waals surface area contributed by atoms with Gasteiger partial charge in [-0.1, -0.05) is 6.08 Å². The fraction of sp³-hybridized carbons (Fsp3) is 0.417. The molecule has 2 nitrogen and oxygen atoms in total. The number of hydrogen-bond donors (Lipinski definition) is 1. The predicted molar refractivity (Wildman–Crippen MR) is 60.0 cm³/mol. The standard InChI is InChI=1S/C12H17FN2/c1-4-5-9(2)15-10(3)12-7-6-11(13)8-14-12/h4,6-10,15H,1,5H2,2-3H3. The fourth-order valence-corrected chi connectivity index (χ4v) is 1.47. The predicted octanol–water partition coefficient (Wildman–Crippen LogP) is 2.84. The monoisotopic (exact) mass is 208 g/mol. The second kappa shape index (κ2) is 5.61. The Hall–Kier alpha value is -1.22. The van der Waals surface area contributed by atoms with E-state index in [4.69, 9.17) is 0 Å². The van der Waals surface area contributed by atoms with Gasteiger partial charge in [0.05, 0.1) is 11.9 Å². The molecule has 2 unspecified atom stereocenters. The van der Waals surface area contributed by atoms with E-state index in [2.05, 4.69) is 23.8 Å². The molecule has 15 heavy (non-hydrogen) atoms. The molecule has 1 aromatic rings. The first-order valence-corrected chi connectivity index (χ1v) is 5.12. The van der Waals surface area contributed by atoms with Crippen molar-refractivity contribution in [3.05, 3.63) is 42.5 Å². The second-order valence-corrected chi connectivity index (χ2v) is 3.72. The number of pyridine rings is 1. The van der Waals surface area contributed by atoms with Gasteiger partial charge in [-0.15, -0.1) is 6.58 Å². The first kappa shape index (κ1) is 11.9. The lowest BCUT2D eigenvalue weighted by Gasteiger charge is -2.18. The minimum absolute atomic E-state index is 0.126. The Morgan fingerprint density at radius 2 is 2.27 bits per heavy atom. The third-order valence-corrected chi connectivity index (χ3v) is 2.25. The summed E-state index contributed by atoms with van der Waals surface area (Å²) in [4.78, 5) is 4.03. The number of nitrogens with one attached hydrogen (secondary N) is 1. The van der Waals surface area contributed by atoms with Crippen LogP contribution in [0.2, 0.25) is 0 Å². The van der Waals surface area contributed by atoms with E-state index in [0.29, 0.717) is 6.04 Å². The quantitative estimate of drug-likeness (QED) is 0.753. The van der Waals surface area contributed by atoms with Gasteiger partial charge in [0.2, 0.25) is 0 Å². The molecule has 0 amide bonds. The highest BCUT2D eigenvalue weighted by Gasteiger charge is 2.09. The van der Waals surface area contributed by atoms with E-state index in [1.807, 2.05) is 13.0 Å². The summed E-state index contributed by atoms with van der Waals surface area (Å²) in [5.74, 6) is -0.301. The van der Waals surface area contributed by atoms with E-state index in [-0.39, 0.29) is 11.9 Å². The fourth-order valence-electron chi connectivity index (χ4n) is 1.47. The van der Waals surface area contributed by atoms with Crippen LogP contribution in [-0.4, -0.2) is 11.0 Å². The largest absolute Gasteiger partial charge is 0.306 e. The molecule has 1 heterocycles. The topological polar surface area (TPSA) is 24.9 Å². The van der Waals surface area contributed by atoms with Crippen LogP contribution in [0, 0.1) is 5.82 Å². The van der Waals surface area contributed by atoms with Crippen LogP contribution in [0.15, 0.2) is 31.0 Å². The van der Waals surface area contributed by atoms with E-state index >= 15 is 0 Å². The van der Waals surface area contributed by atoms with Crippen molar-refractivity contribution in [1.29, 1.82) is 0 Å². The summed E-state index contributed by atoms with van der Waals surface area (Å²) in [6.07, 6.45) is 4.03. The van der Waals surface area contributed by atoms with Crippen molar-refractivity contribution in [2.75, 3.05) is 0 Å². The summed E-state index contributed by atoms with van der Waals surface area (Å²) in [5, 5.41) is 3.36. The van der Waals surface area contributed by atoms with Gasteiger partial charge >= 0.3 is 0 Å². The first-order valence-electron chi connectivity index (χ1n) is 5.12. The lowest BCUT2D eigenvalue weighted by atomic mass is 10.1. The molecule has 0 aliphatic carbocycles. The van der Waals surface area contributed by atoms with Crippen LogP contribution in [0.4, 0.5) is 4.39 Å². The smallest absolute Gasteiger partial charge is 0.141 e. The van der Waals surface area contributed by atoms with Gasteiger partial charge in [0.15, 0.2) is 0 Å². The Bertz CT molecular complexity index is 308. The third-order valence-electron chi connectivity index (χ3n) is 2.25. The van der Waals surface area contributed by atoms with Crippen LogP contribution in [0.5, 0.6) is 0 Å². The summed E-state index contributed by atoms with van der Waals surface area (Å²) in [6, 6.07) is 3.61. The highest BCUT2D eigenvalue weighted by Crippen LogP contribution is 2.11. The van der Waals surface area contributed by atoms with Crippen LogP contribution in [-0.2, 0) is 0 Å². The number of hydrogen-bond acceptors (Lipinski definition) is 2. The zero-order valence-corrected chi connectivity index (χ0v) is 9.20. The van der Waals surface area contributed by atoms with Gasteiger partial charge in [0.1, 0.15) is 5.82 Å². The Morgan fingerprint density at radius 1 is 1.53 bits per heavy atom. The molecule has 0 fully saturated rings. The van der Waals surface area contributed by atoms with Gasteiger partial charge in [-0.3, -0.25) is 4.98 Å². The molecule has 1 aromatic heterocycles. The van der Waals surface area contributed by atoms with Gasteiger partial charge < -0.3 is 5.32 Å². The minimum atomic E-state index is -0.301. The van der Waals surface area contributed by atoms with E-state index in [1.54, 1.807) is 6.07 Å². The lowest BCUT2D eigenvalue weighted by Crippen LogP contribution is -2.28. The van der Waals surface area contributed by atoms with Crippen LogP contribution >= 0.6 is 0 Å². The van der Waals surface area contributed by atoms with Crippen molar-refractivity contribution in [2.24, 2.45) is 0 Å². The molecule has 3 heteroatoms. The first-order chi connectivity index (χ1) is 7.13. The van der Waals surface area contributed by atoms with Crippen LogP contribution in [0.1, 0.15) is 32.0 Å². The van der Waals surface area contributed by atoms with Gasteiger partial charge in [-0.2, -0.15) is 0 Å². The highest BCUT2D eigenvalue weighted by molar-refractivity contribution is 5.09. The maximum absolute atomic E-state index is 12.6. The molecule has 82 valence electrons. The Morgan fingerprint density at radius 3 is 2.80 bits per heavy atom. The average Bonchev–Trinajstić information content (AvgIpc) is 2.18. The molecule has 0 saturated carbocycles. The summed E-state index contributed by atoms with van der Waals surface area (Å²) in [5.41, 5.74) is 0.854. The van der Waals surface area contributed by atoms with Crippen molar-refractivity contribution in [3.63, 3.8) is 0 Å². The molecule has 2 atom stereocenters. The molecule has 0 saturated heterocycles. The maximum atomic E-state index is 12.6. The van der Waals surface area contributed by atoms with Crippen molar-refractivity contribution in [1.82, 2.24) is 10.3 Å². The molecule has 0 aliphatic heterocycles. The highest BCUT2D eigenvalue weighted by atomic mass is 19.1. The number of halogens is 1. The van der Waals surface area contributed by atoms with Crippen molar-refractivity contribution in [2.45, 2.75) is 32.4 Å². The molecule has 0 bridgehead atoms. The number of rotatable bonds is 5. The Balaban J connectivity index is 2.56. The zero-order chi connectivity index (χ0) is 11.3. The molecule has 0 aromatic carbocycles. The van der Waals surface area contributed by atoms with Gasteiger partial charge in [-0.05, 0) is 32.4 Å². The van der Waals surface area contributed by atoms with Gasteiger partial charge in [0.25, 0.3) is 0 Å². The third kappa shape index (κ3) is 3.80. The van der Waals surface area contributed by atoms with Gasteiger partial charge in [-0.25, -0.2) is 4.39 Å². The van der Waals surface area contributed by atoms with E-state index in [1.165, 1.54) is 12.3 Å². The molecular weight excluding hydrogens is 191 g/mol. The zero-order valence-electron chi connectivity index (χ0n) is 9.20. The van der Waals surface area contributed by atoms with Crippen LogP contribution in [0.3, 0.4) is 0 Å². The van der Waals surface area contributed by atoms with E-state index in [0.717, 1.165) is 12.1 Å². The van der Waals surface area contributed by atoms with Crippen LogP contribution < -0.4 is 5.32 Å². The summed E-state index contributed by atoms with van der Waals surface area (Å²) >= 11 is 0. The Kier molecular flexibility index (Phi) is 4.43. The second-order valence-electron chi connectivity index (χ2n) is 3.72. The van der Waals surface area contributed by atoms with Crippen molar-refractivity contribution < 1.29 is 4.39 Å². The molecule has 0 aliphatic rings. The number of aromatic nitrogens is 1. The van der Waals surface area contributed by atoms with E-state index < -0.39 is 0 Å². The SMILES string of the molecule is C=CCC(C)NC(C)c1ccc(F)cn1.